The molecule has 0 bridgehead atoms. The Morgan fingerprint density at radius 2 is 2.10 bits per heavy atom. The van der Waals surface area contributed by atoms with Crippen LogP contribution in [0.25, 0.3) is 11.5 Å². The summed E-state index contributed by atoms with van der Waals surface area (Å²) in [6.07, 6.45) is 1.52. The van der Waals surface area contributed by atoms with Gasteiger partial charge in [0.25, 0.3) is 5.89 Å². The number of carbonyl (C=O) groups excluding carboxylic acids is 1. The van der Waals surface area contributed by atoms with Gasteiger partial charge >= 0.3 is 0 Å². The average Bonchev–Trinajstić information content (AvgIpc) is 2.98. The Hall–Kier alpha value is -2.21. The third-order valence-corrected chi connectivity index (χ3v) is 3.14. The lowest BCUT2D eigenvalue weighted by atomic mass is 10.1. The SMILES string of the molecule is CCCC(N)C(=O)NC(C)c1noc(-c2ccccc2)n1. The van der Waals surface area contributed by atoms with E-state index in [0.29, 0.717) is 18.1 Å². The van der Waals surface area contributed by atoms with Gasteiger partial charge in [-0.15, -0.1) is 0 Å². The molecule has 1 heterocycles. The quantitative estimate of drug-likeness (QED) is 0.848. The molecule has 0 saturated carbocycles. The zero-order chi connectivity index (χ0) is 15.2. The van der Waals surface area contributed by atoms with Crippen LogP contribution in [0.4, 0.5) is 0 Å². The highest BCUT2D eigenvalue weighted by Crippen LogP contribution is 2.18. The molecular weight excluding hydrogens is 268 g/mol. The molecule has 21 heavy (non-hydrogen) atoms. The molecule has 1 amide bonds. The number of aromatic nitrogens is 2. The third-order valence-electron chi connectivity index (χ3n) is 3.14. The number of nitrogens with two attached hydrogens (primary N) is 1. The lowest BCUT2D eigenvalue weighted by Gasteiger charge is -2.14. The number of rotatable bonds is 6. The van der Waals surface area contributed by atoms with E-state index in [1.54, 1.807) is 6.92 Å². The molecule has 0 radical (unpaired) electrons. The maximum atomic E-state index is 11.9. The molecule has 0 aliphatic heterocycles. The fraction of sp³-hybridized carbons (Fsp3) is 0.400. The number of hydrogen-bond donors (Lipinski definition) is 2. The Labute approximate surface area is 123 Å². The molecule has 0 saturated heterocycles. The van der Waals surface area contributed by atoms with E-state index in [1.165, 1.54) is 0 Å². The van der Waals surface area contributed by atoms with Gasteiger partial charge in [-0.2, -0.15) is 4.98 Å². The van der Waals surface area contributed by atoms with E-state index in [1.807, 2.05) is 37.3 Å². The van der Waals surface area contributed by atoms with Gasteiger partial charge in [-0.25, -0.2) is 0 Å². The van der Waals surface area contributed by atoms with Crippen molar-refractivity contribution in [2.75, 3.05) is 0 Å². The zero-order valence-corrected chi connectivity index (χ0v) is 12.2. The number of nitrogens with zero attached hydrogens (tertiary/aromatic N) is 2. The summed E-state index contributed by atoms with van der Waals surface area (Å²) >= 11 is 0. The van der Waals surface area contributed by atoms with Crippen molar-refractivity contribution in [3.8, 4) is 11.5 Å². The molecule has 2 aromatic rings. The van der Waals surface area contributed by atoms with Crippen molar-refractivity contribution < 1.29 is 9.32 Å². The summed E-state index contributed by atoms with van der Waals surface area (Å²) < 4.78 is 5.22. The van der Waals surface area contributed by atoms with Crippen LogP contribution in [0.2, 0.25) is 0 Å². The van der Waals surface area contributed by atoms with E-state index in [9.17, 15) is 4.79 Å². The Morgan fingerprint density at radius 1 is 1.38 bits per heavy atom. The van der Waals surface area contributed by atoms with Gasteiger partial charge in [0.2, 0.25) is 5.91 Å². The smallest absolute Gasteiger partial charge is 0.257 e. The summed E-state index contributed by atoms with van der Waals surface area (Å²) in [5.74, 6) is 0.672. The summed E-state index contributed by atoms with van der Waals surface area (Å²) in [5, 5.41) is 6.71. The Balaban J connectivity index is 2.02. The fourth-order valence-corrected chi connectivity index (χ4v) is 1.94. The average molecular weight is 288 g/mol. The van der Waals surface area contributed by atoms with Gasteiger partial charge in [-0.05, 0) is 25.5 Å². The maximum Gasteiger partial charge on any atom is 0.257 e. The fourth-order valence-electron chi connectivity index (χ4n) is 1.94. The van der Waals surface area contributed by atoms with Crippen molar-refractivity contribution in [2.45, 2.75) is 38.8 Å². The highest BCUT2D eigenvalue weighted by Gasteiger charge is 2.19. The summed E-state index contributed by atoms with van der Waals surface area (Å²) in [6, 6.07) is 8.64. The zero-order valence-electron chi connectivity index (χ0n) is 12.2. The molecular formula is C15H20N4O2. The van der Waals surface area contributed by atoms with Crippen molar-refractivity contribution in [1.29, 1.82) is 0 Å². The highest BCUT2D eigenvalue weighted by atomic mass is 16.5. The van der Waals surface area contributed by atoms with Crippen molar-refractivity contribution >= 4 is 5.91 Å². The van der Waals surface area contributed by atoms with Gasteiger partial charge < -0.3 is 15.6 Å². The minimum absolute atomic E-state index is 0.199. The van der Waals surface area contributed by atoms with Gasteiger partial charge in [0.05, 0.1) is 12.1 Å². The normalized spacial score (nSPS) is 13.7. The van der Waals surface area contributed by atoms with Gasteiger partial charge in [-0.1, -0.05) is 36.7 Å². The lowest BCUT2D eigenvalue weighted by molar-refractivity contribution is -0.123. The van der Waals surface area contributed by atoms with Gasteiger partial charge in [0, 0.05) is 5.56 Å². The Bertz CT molecular complexity index is 582. The number of carbonyl (C=O) groups is 1. The van der Waals surface area contributed by atoms with E-state index < -0.39 is 6.04 Å². The highest BCUT2D eigenvalue weighted by molar-refractivity contribution is 5.81. The topological polar surface area (TPSA) is 94.0 Å². The first-order valence-electron chi connectivity index (χ1n) is 7.06. The number of amides is 1. The van der Waals surface area contributed by atoms with Crippen LogP contribution < -0.4 is 11.1 Å². The molecule has 1 aromatic heterocycles. The van der Waals surface area contributed by atoms with Crippen LogP contribution in [-0.4, -0.2) is 22.1 Å². The molecule has 2 unspecified atom stereocenters. The van der Waals surface area contributed by atoms with Crippen LogP contribution in [-0.2, 0) is 4.79 Å². The van der Waals surface area contributed by atoms with E-state index in [0.717, 1.165) is 12.0 Å². The van der Waals surface area contributed by atoms with Crippen molar-refractivity contribution in [2.24, 2.45) is 5.73 Å². The standard InChI is InChI=1S/C15H20N4O2/c1-3-7-12(16)14(20)17-10(2)13-18-15(21-19-13)11-8-5-4-6-9-11/h4-6,8-10,12H,3,7,16H2,1-2H3,(H,17,20). The minimum atomic E-state index is -0.502. The largest absolute Gasteiger partial charge is 0.345 e. The number of nitrogens with one attached hydrogen (secondary N) is 1. The Morgan fingerprint density at radius 3 is 2.76 bits per heavy atom. The molecule has 3 N–H and O–H groups in total. The van der Waals surface area contributed by atoms with Crippen LogP contribution in [0.15, 0.2) is 34.9 Å². The van der Waals surface area contributed by atoms with Crippen LogP contribution in [0, 0.1) is 0 Å². The third kappa shape index (κ3) is 3.88. The van der Waals surface area contributed by atoms with E-state index >= 15 is 0 Å². The van der Waals surface area contributed by atoms with E-state index in [4.69, 9.17) is 10.3 Å². The first kappa shape index (κ1) is 15.2. The van der Waals surface area contributed by atoms with Gasteiger partial charge in [0.1, 0.15) is 0 Å². The molecule has 0 spiro atoms. The Kier molecular flexibility index (Phi) is 5.05. The van der Waals surface area contributed by atoms with Crippen LogP contribution in [0.5, 0.6) is 0 Å². The second kappa shape index (κ2) is 6.99. The summed E-state index contributed by atoms with van der Waals surface area (Å²) in [6.45, 7) is 3.79. The van der Waals surface area contributed by atoms with Crippen molar-refractivity contribution in [3.05, 3.63) is 36.2 Å². The van der Waals surface area contributed by atoms with Crippen LogP contribution in [0.3, 0.4) is 0 Å². The number of hydrogen-bond acceptors (Lipinski definition) is 5. The number of benzene rings is 1. The molecule has 2 rings (SSSR count). The lowest BCUT2D eigenvalue weighted by Crippen LogP contribution is -2.41. The summed E-state index contributed by atoms with van der Waals surface area (Å²) in [4.78, 5) is 16.2. The maximum absolute atomic E-state index is 11.9. The molecule has 0 fully saturated rings. The molecule has 0 aliphatic carbocycles. The molecule has 6 nitrogen and oxygen atoms in total. The first-order chi connectivity index (χ1) is 10.1. The summed E-state index contributed by atoms with van der Waals surface area (Å²) in [7, 11) is 0. The van der Waals surface area contributed by atoms with E-state index in [2.05, 4.69) is 15.5 Å². The van der Waals surface area contributed by atoms with E-state index in [-0.39, 0.29) is 11.9 Å². The predicted molar refractivity (Wildman–Crippen MR) is 79.2 cm³/mol. The van der Waals surface area contributed by atoms with Gasteiger partial charge in [-0.3, -0.25) is 4.79 Å². The predicted octanol–water partition coefficient (Wildman–Crippen LogP) is 2.04. The van der Waals surface area contributed by atoms with Gasteiger partial charge in [0.15, 0.2) is 5.82 Å². The van der Waals surface area contributed by atoms with Crippen LogP contribution >= 0.6 is 0 Å². The second-order valence-corrected chi connectivity index (χ2v) is 4.95. The molecule has 0 aliphatic rings. The monoisotopic (exact) mass is 288 g/mol. The molecule has 112 valence electrons. The molecule has 2 atom stereocenters. The first-order valence-corrected chi connectivity index (χ1v) is 7.06. The van der Waals surface area contributed by atoms with Crippen LogP contribution in [0.1, 0.15) is 38.6 Å². The minimum Gasteiger partial charge on any atom is -0.345 e. The summed E-state index contributed by atoms with van der Waals surface area (Å²) in [5.41, 5.74) is 6.62. The second-order valence-electron chi connectivity index (χ2n) is 4.95. The van der Waals surface area contributed by atoms with Crippen molar-refractivity contribution in [3.63, 3.8) is 0 Å². The molecule has 6 heteroatoms. The van der Waals surface area contributed by atoms with Crippen molar-refractivity contribution in [1.82, 2.24) is 15.5 Å². The molecule has 1 aromatic carbocycles.